The number of rotatable bonds is 8. The number of aryl methyl sites for hydroxylation is 1. The predicted molar refractivity (Wildman–Crippen MR) is 73.4 cm³/mol. The van der Waals surface area contributed by atoms with E-state index in [0.717, 1.165) is 0 Å². The molecular weight excluding hydrogens is 284 g/mol. The first-order chi connectivity index (χ1) is 9.42. The molecule has 0 unspecified atom stereocenters. The summed E-state index contributed by atoms with van der Waals surface area (Å²) in [6.45, 7) is 3.24. The van der Waals surface area contributed by atoms with Crippen molar-refractivity contribution in [3.8, 4) is 0 Å². The van der Waals surface area contributed by atoms with Crippen molar-refractivity contribution >= 4 is 15.9 Å². The Labute approximate surface area is 118 Å². The number of amides is 1. The maximum Gasteiger partial charge on any atom is 0.281 e. The molecule has 20 heavy (non-hydrogen) atoms. The van der Waals surface area contributed by atoms with Gasteiger partial charge in [-0.15, -0.1) is 0 Å². The van der Waals surface area contributed by atoms with Crippen LogP contribution in [0.2, 0.25) is 0 Å². The molecule has 0 aliphatic heterocycles. The zero-order valence-electron chi connectivity index (χ0n) is 11.5. The summed E-state index contributed by atoms with van der Waals surface area (Å²) in [7, 11) is -2.07. The van der Waals surface area contributed by atoms with E-state index in [9.17, 15) is 13.2 Å². The van der Waals surface area contributed by atoms with Crippen LogP contribution in [-0.2, 0) is 21.8 Å². The van der Waals surface area contributed by atoms with Crippen molar-refractivity contribution in [3.63, 3.8) is 0 Å². The third kappa shape index (κ3) is 4.30. The molecule has 0 saturated carbocycles. The molecule has 0 aliphatic rings. The Hall–Kier alpha value is -1.42. The van der Waals surface area contributed by atoms with E-state index in [4.69, 9.17) is 10.6 Å². The van der Waals surface area contributed by atoms with Crippen LogP contribution in [0.1, 0.15) is 23.8 Å². The molecule has 8 nitrogen and oxygen atoms in total. The highest BCUT2D eigenvalue weighted by molar-refractivity contribution is 7.89. The van der Waals surface area contributed by atoms with Gasteiger partial charge in [-0.25, -0.2) is 19.0 Å². The van der Waals surface area contributed by atoms with Gasteiger partial charge in [-0.05, 0) is 19.4 Å². The number of hydrogen-bond acceptors (Lipinski definition) is 5. The third-order valence-electron chi connectivity index (χ3n) is 2.62. The summed E-state index contributed by atoms with van der Waals surface area (Å²) in [5.74, 6) is 4.48. The van der Waals surface area contributed by atoms with Gasteiger partial charge in [0.2, 0.25) is 10.0 Å². The Morgan fingerprint density at radius 3 is 2.80 bits per heavy atom. The summed E-state index contributed by atoms with van der Waals surface area (Å²) in [5, 5.41) is 0. The lowest BCUT2D eigenvalue weighted by molar-refractivity contribution is 0.0945. The zero-order chi connectivity index (χ0) is 15.2. The van der Waals surface area contributed by atoms with Crippen LogP contribution >= 0.6 is 0 Å². The van der Waals surface area contributed by atoms with Gasteiger partial charge in [-0.2, -0.15) is 0 Å². The summed E-state index contributed by atoms with van der Waals surface area (Å²) in [6, 6.07) is 1.27. The smallest absolute Gasteiger partial charge is 0.281 e. The molecule has 0 atom stereocenters. The second-order valence-corrected chi connectivity index (χ2v) is 5.86. The number of hydrogen-bond donors (Lipinski definition) is 3. The summed E-state index contributed by atoms with van der Waals surface area (Å²) in [6.07, 6.45) is 1.94. The van der Waals surface area contributed by atoms with E-state index in [2.05, 4.69) is 4.72 Å². The fraction of sp³-hybridized carbons (Fsp3) is 0.545. The van der Waals surface area contributed by atoms with E-state index in [1.165, 1.54) is 16.8 Å². The summed E-state index contributed by atoms with van der Waals surface area (Å²) in [4.78, 5) is 11.4. The third-order valence-corrected chi connectivity index (χ3v) is 4.04. The minimum absolute atomic E-state index is 0.0232. The minimum atomic E-state index is -3.64. The van der Waals surface area contributed by atoms with Gasteiger partial charge >= 0.3 is 0 Å². The van der Waals surface area contributed by atoms with E-state index >= 15 is 0 Å². The molecule has 0 fully saturated rings. The number of aromatic nitrogens is 1. The van der Waals surface area contributed by atoms with Gasteiger partial charge in [0, 0.05) is 33.0 Å². The summed E-state index contributed by atoms with van der Waals surface area (Å²) < 4.78 is 33.0. The molecule has 0 saturated heterocycles. The lowest BCUT2D eigenvalue weighted by atomic mass is 10.4. The second kappa shape index (κ2) is 7.39. The number of hydrazine groups is 1. The van der Waals surface area contributed by atoms with Crippen molar-refractivity contribution in [2.24, 2.45) is 12.9 Å². The lowest BCUT2D eigenvalue weighted by Crippen LogP contribution is -2.31. The Balaban J connectivity index is 2.71. The van der Waals surface area contributed by atoms with Gasteiger partial charge in [0.15, 0.2) is 0 Å². The van der Waals surface area contributed by atoms with Crippen LogP contribution in [0.25, 0.3) is 0 Å². The zero-order valence-corrected chi connectivity index (χ0v) is 12.4. The largest absolute Gasteiger partial charge is 0.382 e. The Kier molecular flexibility index (Phi) is 6.14. The van der Waals surface area contributed by atoms with Gasteiger partial charge in [0.1, 0.15) is 10.6 Å². The molecule has 0 aliphatic carbocycles. The molecule has 114 valence electrons. The predicted octanol–water partition coefficient (Wildman–Crippen LogP) is -0.666. The molecule has 0 bridgehead atoms. The first-order valence-electron chi connectivity index (χ1n) is 6.17. The van der Waals surface area contributed by atoms with E-state index in [1.807, 2.05) is 12.3 Å². The van der Waals surface area contributed by atoms with Crippen LogP contribution in [0.15, 0.2) is 17.2 Å². The fourth-order valence-corrected chi connectivity index (χ4v) is 2.73. The van der Waals surface area contributed by atoms with Crippen molar-refractivity contribution in [1.29, 1.82) is 0 Å². The molecule has 1 aromatic rings. The van der Waals surface area contributed by atoms with Gasteiger partial charge in [-0.1, -0.05) is 0 Å². The van der Waals surface area contributed by atoms with E-state index < -0.39 is 15.9 Å². The second-order valence-electron chi connectivity index (χ2n) is 4.09. The number of nitrogens with zero attached hydrogens (tertiary/aromatic N) is 1. The Bertz CT molecular complexity index is 553. The summed E-state index contributed by atoms with van der Waals surface area (Å²) in [5.41, 5.74) is 2.13. The van der Waals surface area contributed by atoms with Gasteiger partial charge in [0.05, 0.1) is 0 Å². The highest BCUT2D eigenvalue weighted by Crippen LogP contribution is 2.13. The molecule has 0 radical (unpaired) electrons. The standard InChI is InChI=1S/C11H20N4O4S/c1-3-19-6-4-5-13-20(17,18)9-7-10(11(16)14-12)15(2)8-9/h7-8,13H,3-6,12H2,1-2H3,(H,14,16). The van der Waals surface area contributed by atoms with E-state index in [1.54, 1.807) is 7.05 Å². The highest BCUT2D eigenvalue weighted by Gasteiger charge is 2.19. The molecule has 1 amide bonds. The first kappa shape index (κ1) is 16.6. The quantitative estimate of drug-likeness (QED) is 0.255. The van der Waals surface area contributed by atoms with E-state index in [0.29, 0.717) is 19.6 Å². The van der Waals surface area contributed by atoms with Crippen LogP contribution in [-0.4, -0.2) is 38.7 Å². The monoisotopic (exact) mass is 304 g/mol. The maximum absolute atomic E-state index is 12.0. The fourth-order valence-electron chi connectivity index (χ4n) is 1.59. The average molecular weight is 304 g/mol. The van der Waals surface area contributed by atoms with Crippen LogP contribution in [0, 0.1) is 0 Å². The molecule has 9 heteroatoms. The van der Waals surface area contributed by atoms with Crippen molar-refractivity contribution in [2.75, 3.05) is 19.8 Å². The number of ether oxygens (including phenoxy) is 1. The normalized spacial score (nSPS) is 11.6. The SMILES string of the molecule is CCOCCCNS(=O)(=O)c1cc(C(=O)NN)n(C)c1. The molecule has 0 spiro atoms. The summed E-state index contributed by atoms with van der Waals surface area (Å²) >= 11 is 0. The van der Waals surface area contributed by atoms with Gasteiger partial charge < -0.3 is 9.30 Å². The van der Waals surface area contributed by atoms with Crippen LogP contribution in [0.3, 0.4) is 0 Å². The number of nitrogen functional groups attached to an aromatic ring is 1. The molecule has 4 N–H and O–H groups in total. The van der Waals surface area contributed by atoms with Gasteiger partial charge in [-0.3, -0.25) is 10.2 Å². The van der Waals surface area contributed by atoms with Crippen LogP contribution < -0.4 is 16.0 Å². The lowest BCUT2D eigenvalue weighted by Gasteiger charge is -2.04. The maximum atomic E-state index is 12.0. The van der Waals surface area contributed by atoms with Crippen molar-refractivity contribution in [3.05, 3.63) is 18.0 Å². The molecule has 0 aromatic carbocycles. The number of nitrogens with two attached hydrogens (primary N) is 1. The van der Waals surface area contributed by atoms with Gasteiger partial charge in [0.25, 0.3) is 5.91 Å². The molecule has 1 aromatic heterocycles. The average Bonchev–Trinajstić information content (AvgIpc) is 2.80. The molecule has 1 heterocycles. The van der Waals surface area contributed by atoms with E-state index in [-0.39, 0.29) is 17.1 Å². The number of carbonyl (C=O) groups excluding carboxylic acids is 1. The van der Waals surface area contributed by atoms with Crippen LogP contribution in [0.5, 0.6) is 0 Å². The van der Waals surface area contributed by atoms with Crippen molar-refractivity contribution in [1.82, 2.24) is 14.7 Å². The first-order valence-corrected chi connectivity index (χ1v) is 7.65. The topological polar surface area (TPSA) is 115 Å². The number of carbonyl (C=O) groups is 1. The molecule has 1 rings (SSSR count). The van der Waals surface area contributed by atoms with Crippen molar-refractivity contribution in [2.45, 2.75) is 18.2 Å². The van der Waals surface area contributed by atoms with Crippen molar-refractivity contribution < 1.29 is 17.9 Å². The Morgan fingerprint density at radius 2 is 2.20 bits per heavy atom. The highest BCUT2D eigenvalue weighted by atomic mass is 32.2. The molecular formula is C11H20N4O4S. The number of nitrogens with one attached hydrogen (secondary N) is 2. The number of sulfonamides is 1. The minimum Gasteiger partial charge on any atom is -0.382 e. The van der Waals surface area contributed by atoms with Crippen LogP contribution in [0.4, 0.5) is 0 Å². The Morgan fingerprint density at radius 1 is 1.50 bits per heavy atom.